The van der Waals surface area contributed by atoms with Crippen LogP contribution in [-0.2, 0) is 13.0 Å². The second-order valence-corrected chi connectivity index (χ2v) is 8.45. The van der Waals surface area contributed by atoms with Gasteiger partial charge in [-0.05, 0) is 60.5 Å². The Kier molecular flexibility index (Phi) is 6.50. The number of fused-ring (bicyclic) bond motifs is 1. The first-order chi connectivity index (χ1) is 14.6. The lowest BCUT2D eigenvalue weighted by atomic mass is 10.2. The summed E-state index contributed by atoms with van der Waals surface area (Å²) in [6, 6.07) is 23.5. The molecule has 0 aliphatic carbocycles. The fourth-order valence-corrected chi connectivity index (χ4v) is 3.81. The molecule has 1 heterocycles. The van der Waals surface area contributed by atoms with Crippen LogP contribution in [0.5, 0.6) is 0 Å². The van der Waals surface area contributed by atoms with Gasteiger partial charge in [-0.3, -0.25) is 4.79 Å². The van der Waals surface area contributed by atoms with Crippen LogP contribution in [0, 0.1) is 0 Å². The van der Waals surface area contributed by atoms with Crippen molar-refractivity contribution < 1.29 is 4.79 Å². The Morgan fingerprint density at radius 2 is 1.73 bits per heavy atom. The molecule has 3 aromatic carbocycles. The number of carbonyl (C=O) groups is 1. The molecule has 0 aliphatic rings. The SMILES string of the molecule is O=C(NCCCc1nc2ccccc2n1Cc1ccc(Br)cc1)c1ccc(Cl)cc1. The van der Waals surface area contributed by atoms with Crippen LogP contribution in [-0.4, -0.2) is 22.0 Å². The molecule has 4 rings (SSSR count). The number of hydrogen-bond donors (Lipinski definition) is 1. The highest BCUT2D eigenvalue weighted by Gasteiger charge is 2.11. The monoisotopic (exact) mass is 481 g/mol. The Morgan fingerprint density at radius 3 is 2.50 bits per heavy atom. The van der Waals surface area contributed by atoms with Crippen molar-refractivity contribution in [2.24, 2.45) is 0 Å². The second kappa shape index (κ2) is 9.45. The van der Waals surface area contributed by atoms with E-state index < -0.39 is 0 Å². The molecule has 1 aromatic heterocycles. The summed E-state index contributed by atoms with van der Waals surface area (Å²) >= 11 is 9.37. The standard InChI is InChI=1S/C24H21BrClN3O/c25-19-11-7-17(8-12-19)16-29-22-5-2-1-4-21(22)28-23(29)6-3-15-27-24(30)18-9-13-20(26)14-10-18/h1-2,4-5,7-14H,3,6,15-16H2,(H,27,30). The average Bonchev–Trinajstić information content (AvgIpc) is 3.10. The number of nitrogens with one attached hydrogen (secondary N) is 1. The third-order valence-electron chi connectivity index (χ3n) is 4.96. The Bertz CT molecular complexity index is 1150. The minimum atomic E-state index is -0.0879. The summed E-state index contributed by atoms with van der Waals surface area (Å²) in [4.78, 5) is 17.1. The summed E-state index contributed by atoms with van der Waals surface area (Å²) in [6.45, 7) is 1.35. The van der Waals surface area contributed by atoms with Crippen LogP contribution < -0.4 is 5.32 Å². The molecule has 0 saturated carbocycles. The third-order valence-corrected chi connectivity index (χ3v) is 5.74. The number of rotatable bonds is 7. The first-order valence-electron chi connectivity index (χ1n) is 9.82. The van der Waals surface area contributed by atoms with Gasteiger partial charge in [-0.15, -0.1) is 0 Å². The van der Waals surface area contributed by atoms with Crippen molar-refractivity contribution in [1.82, 2.24) is 14.9 Å². The van der Waals surface area contributed by atoms with E-state index in [1.54, 1.807) is 24.3 Å². The summed E-state index contributed by atoms with van der Waals surface area (Å²) < 4.78 is 3.33. The number of amides is 1. The Hall–Kier alpha value is -2.63. The fraction of sp³-hybridized carbons (Fsp3) is 0.167. The van der Waals surface area contributed by atoms with Gasteiger partial charge in [-0.1, -0.05) is 51.8 Å². The van der Waals surface area contributed by atoms with Gasteiger partial charge in [-0.25, -0.2) is 4.98 Å². The molecule has 6 heteroatoms. The van der Waals surface area contributed by atoms with Gasteiger partial charge in [0.2, 0.25) is 0 Å². The number of carbonyl (C=O) groups excluding carboxylic acids is 1. The van der Waals surface area contributed by atoms with Gasteiger partial charge in [0.05, 0.1) is 11.0 Å². The van der Waals surface area contributed by atoms with Crippen LogP contribution in [0.4, 0.5) is 0 Å². The van der Waals surface area contributed by atoms with E-state index in [9.17, 15) is 4.79 Å². The van der Waals surface area contributed by atoms with Crippen LogP contribution in [0.15, 0.2) is 77.3 Å². The van der Waals surface area contributed by atoms with Crippen molar-refractivity contribution in [3.8, 4) is 0 Å². The smallest absolute Gasteiger partial charge is 0.251 e. The van der Waals surface area contributed by atoms with E-state index in [0.717, 1.165) is 40.7 Å². The molecule has 0 saturated heterocycles. The lowest BCUT2D eigenvalue weighted by molar-refractivity contribution is 0.0953. The van der Waals surface area contributed by atoms with Gasteiger partial charge in [0.15, 0.2) is 0 Å². The van der Waals surface area contributed by atoms with Crippen LogP contribution in [0.1, 0.15) is 28.2 Å². The highest BCUT2D eigenvalue weighted by atomic mass is 79.9. The zero-order valence-electron chi connectivity index (χ0n) is 16.3. The van der Waals surface area contributed by atoms with E-state index in [1.165, 1.54) is 5.56 Å². The molecule has 1 amide bonds. The third kappa shape index (κ3) is 4.91. The molecule has 0 fully saturated rings. The summed E-state index contributed by atoms with van der Waals surface area (Å²) in [5, 5.41) is 3.60. The van der Waals surface area contributed by atoms with Crippen molar-refractivity contribution >= 4 is 44.5 Å². The van der Waals surface area contributed by atoms with Gasteiger partial charge < -0.3 is 9.88 Å². The van der Waals surface area contributed by atoms with E-state index >= 15 is 0 Å². The zero-order valence-corrected chi connectivity index (χ0v) is 18.7. The molecule has 4 aromatic rings. The number of aromatic nitrogens is 2. The molecule has 0 spiro atoms. The van der Waals surface area contributed by atoms with Gasteiger partial charge in [0, 0.05) is 34.6 Å². The molecule has 1 N–H and O–H groups in total. The molecule has 4 nitrogen and oxygen atoms in total. The van der Waals surface area contributed by atoms with Crippen LogP contribution in [0.3, 0.4) is 0 Å². The number of aryl methyl sites for hydroxylation is 1. The van der Waals surface area contributed by atoms with E-state index in [1.807, 2.05) is 18.2 Å². The van der Waals surface area contributed by atoms with Crippen molar-refractivity contribution in [2.75, 3.05) is 6.54 Å². The van der Waals surface area contributed by atoms with E-state index in [0.29, 0.717) is 17.1 Å². The zero-order chi connectivity index (χ0) is 20.9. The van der Waals surface area contributed by atoms with Crippen molar-refractivity contribution in [3.05, 3.63) is 99.2 Å². The number of hydrogen-bond acceptors (Lipinski definition) is 2. The van der Waals surface area contributed by atoms with E-state index in [-0.39, 0.29) is 5.91 Å². The van der Waals surface area contributed by atoms with Gasteiger partial charge in [0.25, 0.3) is 5.91 Å². The average molecular weight is 483 g/mol. The normalized spacial score (nSPS) is 11.0. The highest BCUT2D eigenvalue weighted by molar-refractivity contribution is 9.10. The number of imidazole rings is 1. The minimum Gasteiger partial charge on any atom is -0.352 e. The topological polar surface area (TPSA) is 46.9 Å². The molecule has 0 unspecified atom stereocenters. The van der Waals surface area contributed by atoms with Gasteiger partial charge >= 0.3 is 0 Å². The minimum absolute atomic E-state index is 0.0879. The molecule has 30 heavy (non-hydrogen) atoms. The number of nitrogens with zero attached hydrogens (tertiary/aromatic N) is 2. The second-order valence-electron chi connectivity index (χ2n) is 7.10. The maximum Gasteiger partial charge on any atom is 0.251 e. The predicted octanol–water partition coefficient (Wildman–Crippen LogP) is 5.86. The maximum atomic E-state index is 12.3. The highest BCUT2D eigenvalue weighted by Crippen LogP contribution is 2.20. The van der Waals surface area contributed by atoms with Crippen molar-refractivity contribution in [2.45, 2.75) is 19.4 Å². The lowest BCUT2D eigenvalue weighted by Gasteiger charge is -2.10. The number of para-hydroxylation sites is 2. The molecule has 152 valence electrons. The summed E-state index contributed by atoms with van der Waals surface area (Å²) in [7, 11) is 0. The molecule has 0 radical (unpaired) electrons. The van der Waals surface area contributed by atoms with Crippen molar-refractivity contribution in [1.29, 1.82) is 0 Å². The first kappa shape index (κ1) is 20.6. The first-order valence-corrected chi connectivity index (χ1v) is 11.0. The Labute approximate surface area is 189 Å². The van der Waals surface area contributed by atoms with Crippen LogP contribution in [0.2, 0.25) is 5.02 Å². The molecule has 0 atom stereocenters. The summed E-state index contributed by atoms with van der Waals surface area (Å²) in [5.74, 6) is 0.940. The van der Waals surface area contributed by atoms with Crippen LogP contribution in [0.25, 0.3) is 11.0 Å². The largest absolute Gasteiger partial charge is 0.352 e. The summed E-state index contributed by atoms with van der Waals surface area (Å²) in [5.41, 5.74) is 3.95. The number of benzene rings is 3. The Balaban J connectivity index is 1.43. The van der Waals surface area contributed by atoms with E-state index in [4.69, 9.17) is 16.6 Å². The van der Waals surface area contributed by atoms with Crippen LogP contribution >= 0.6 is 27.5 Å². The van der Waals surface area contributed by atoms with Gasteiger partial charge in [-0.2, -0.15) is 0 Å². The lowest BCUT2D eigenvalue weighted by Crippen LogP contribution is -2.25. The molecule has 0 aliphatic heterocycles. The maximum absolute atomic E-state index is 12.3. The van der Waals surface area contributed by atoms with Gasteiger partial charge in [0.1, 0.15) is 5.82 Å². The molecule has 0 bridgehead atoms. The quantitative estimate of drug-likeness (QED) is 0.335. The predicted molar refractivity (Wildman–Crippen MR) is 125 cm³/mol. The number of halogens is 2. The Morgan fingerprint density at radius 1 is 1.00 bits per heavy atom. The fourth-order valence-electron chi connectivity index (χ4n) is 3.42. The molecular weight excluding hydrogens is 462 g/mol. The van der Waals surface area contributed by atoms with E-state index in [2.05, 4.69) is 56.1 Å². The molecular formula is C24H21BrClN3O. The summed E-state index contributed by atoms with van der Waals surface area (Å²) in [6.07, 6.45) is 1.59. The van der Waals surface area contributed by atoms with Crippen molar-refractivity contribution in [3.63, 3.8) is 0 Å².